The number of ether oxygens (including phenoxy) is 3. The van der Waals surface area contributed by atoms with Gasteiger partial charge < -0.3 is 45.1 Å². The van der Waals surface area contributed by atoms with E-state index in [9.17, 15) is 35.1 Å². The average molecular weight is 1170 g/mol. The van der Waals surface area contributed by atoms with E-state index in [1.54, 1.807) is 6.08 Å². The third-order valence-electron chi connectivity index (χ3n) is 17.0. The number of carbonyl (C=O) groups excluding carboxylic acids is 2. The predicted molar refractivity (Wildman–Crippen MR) is 347 cm³/mol. The molecular formula is C72H135NO10. The van der Waals surface area contributed by atoms with Crippen LogP contribution in [0.25, 0.3) is 0 Å². The molecule has 1 fully saturated rings. The quantitative estimate of drug-likeness (QED) is 0.0195. The van der Waals surface area contributed by atoms with Crippen LogP contribution >= 0.6 is 0 Å². The van der Waals surface area contributed by atoms with Gasteiger partial charge in [0.15, 0.2) is 6.29 Å². The normalized spacial score (nSPS) is 18.3. The van der Waals surface area contributed by atoms with Crippen LogP contribution in [0.1, 0.15) is 348 Å². The van der Waals surface area contributed by atoms with Gasteiger partial charge in [0.05, 0.1) is 32.0 Å². The highest BCUT2D eigenvalue weighted by Gasteiger charge is 2.44. The van der Waals surface area contributed by atoms with E-state index in [1.165, 1.54) is 257 Å². The summed E-state index contributed by atoms with van der Waals surface area (Å²) in [6.45, 7) is 4.32. The number of aliphatic hydroxyl groups excluding tert-OH is 5. The lowest BCUT2D eigenvalue weighted by Gasteiger charge is -2.40. The van der Waals surface area contributed by atoms with Crippen molar-refractivity contribution in [2.24, 2.45) is 0 Å². The van der Waals surface area contributed by atoms with Gasteiger partial charge in [0.2, 0.25) is 5.91 Å². The number of hydrogen-bond acceptors (Lipinski definition) is 10. The fourth-order valence-corrected chi connectivity index (χ4v) is 11.4. The third-order valence-corrected chi connectivity index (χ3v) is 17.0. The lowest BCUT2D eigenvalue weighted by molar-refractivity contribution is -0.302. The van der Waals surface area contributed by atoms with Crippen molar-refractivity contribution in [1.29, 1.82) is 0 Å². The predicted octanol–water partition coefficient (Wildman–Crippen LogP) is 18.2. The van der Waals surface area contributed by atoms with Crippen LogP contribution in [0.4, 0.5) is 0 Å². The molecule has 11 heteroatoms. The molecule has 1 rings (SSSR count). The molecule has 6 N–H and O–H groups in total. The summed E-state index contributed by atoms with van der Waals surface area (Å²) in [5.41, 5.74) is 0. The number of esters is 1. The van der Waals surface area contributed by atoms with Crippen molar-refractivity contribution in [3.05, 3.63) is 36.5 Å². The number of unbranched alkanes of at least 4 members (excludes halogenated alkanes) is 45. The van der Waals surface area contributed by atoms with Gasteiger partial charge in [-0.25, -0.2) is 0 Å². The summed E-state index contributed by atoms with van der Waals surface area (Å²) in [4.78, 5) is 25.1. The Hall–Kier alpha value is -2.12. The van der Waals surface area contributed by atoms with Gasteiger partial charge in [0.1, 0.15) is 24.4 Å². The molecule has 1 aliphatic rings. The van der Waals surface area contributed by atoms with Crippen molar-refractivity contribution in [3.8, 4) is 0 Å². The van der Waals surface area contributed by atoms with E-state index >= 15 is 0 Å². The third kappa shape index (κ3) is 50.6. The largest absolute Gasteiger partial charge is 0.466 e. The number of aliphatic hydroxyl groups is 5. The van der Waals surface area contributed by atoms with Crippen LogP contribution in [0.15, 0.2) is 36.5 Å². The van der Waals surface area contributed by atoms with Crippen LogP contribution in [0.2, 0.25) is 0 Å². The van der Waals surface area contributed by atoms with Crippen LogP contribution in [-0.2, 0) is 23.8 Å². The molecule has 11 nitrogen and oxygen atoms in total. The summed E-state index contributed by atoms with van der Waals surface area (Å²) in [6, 6.07) is -0.806. The minimum Gasteiger partial charge on any atom is -0.466 e. The lowest BCUT2D eigenvalue weighted by atomic mass is 9.99. The Morgan fingerprint density at radius 2 is 0.807 bits per heavy atom. The zero-order valence-electron chi connectivity index (χ0n) is 54.2. The molecule has 488 valence electrons. The van der Waals surface area contributed by atoms with Crippen molar-refractivity contribution in [1.82, 2.24) is 5.32 Å². The Morgan fingerprint density at radius 3 is 1.24 bits per heavy atom. The second-order valence-electron chi connectivity index (χ2n) is 24.9. The standard InChI is InChI=1S/C72H135NO10/c1-3-5-7-9-11-13-14-15-16-17-27-31-34-37-40-44-48-52-56-60-68(77)81-61-57-53-49-45-41-38-35-32-29-26-24-22-20-18-19-21-23-25-28-30-33-36-39-43-47-51-55-59-67(76)73-64(65(75)58-54-50-46-42-12-10-8-6-4-2)63-82-72-71(80)70(79)69(78)66(62-74)83-72/h11,13,15-16,54,58,64-66,69-72,74-75,78-80H,3-10,12,14,17-53,55-57,59-63H2,1-2H3,(H,73,76)/b13-11-,16-15-,58-54+. The van der Waals surface area contributed by atoms with E-state index in [0.717, 1.165) is 64.2 Å². The second kappa shape index (κ2) is 61.5. The summed E-state index contributed by atoms with van der Waals surface area (Å²) in [5.74, 6) is -0.175. The zero-order chi connectivity index (χ0) is 60.2. The maximum atomic E-state index is 13.0. The Kier molecular flexibility index (Phi) is 58.5. The Morgan fingerprint density at radius 1 is 0.446 bits per heavy atom. The summed E-state index contributed by atoms with van der Waals surface area (Å²) < 4.78 is 16.7. The molecule has 7 atom stereocenters. The Balaban J connectivity index is 1.89. The minimum atomic E-state index is -1.57. The van der Waals surface area contributed by atoms with Gasteiger partial charge in [-0.3, -0.25) is 9.59 Å². The first-order valence-corrected chi connectivity index (χ1v) is 35.8. The first-order valence-electron chi connectivity index (χ1n) is 35.8. The SMILES string of the molecule is CCCCC/C=C\C/C=C\CCCCCCCCCCCC(=O)OCCCCCCCCCCCCCCCCCCCCCCCCCCCCCC(=O)NC(COC1OC(CO)C(O)C(O)C1O)C(O)/C=C/CCCCCCCCC. The Bertz CT molecular complexity index is 1470. The number of amides is 1. The molecule has 1 heterocycles. The van der Waals surface area contributed by atoms with Gasteiger partial charge in [-0.2, -0.15) is 0 Å². The molecule has 1 aliphatic heterocycles. The first kappa shape index (κ1) is 78.9. The maximum Gasteiger partial charge on any atom is 0.305 e. The molecule has 0 bridgehead atoms. The first-order chi connectivity index (χ1) is 40.7. The van der Waals surface area contributed by atoms with E-state index in [0.29, 0.717) is 19.4 Å². The van der Waals surface area contributed by atoms with Crippen LogP contribution in [0.3, 0.4) is 0 Å². The van der Waals surface area contributed by atoms with Crippen molar-refractivity contribution < 1.29 is 49.3 Å². The molecule has 0 saturated carbocycles. The topological polar surface area (TPSA) is 175 Å². The molecule has 7 unspecified atom stereocenters. The molecule has 1 amide bonds. The van der Waals surface area contributed by atoms with E-state index in [-0.39, 0.29) is 18.5 Å². The number of allylic oxidation sites excluding steroid dienone is 5. The van der Waals surface area contributed by atoms with Crippen molar-refractivity contribution >= 4 is 11.9 Å². The van der Waals surface area contributed by atoms with E-state index in [2.05, 4.69) is 43.5 Å². The molecule has 0 spiro atoms. The number of hydrogen-bond donors (Lipinski definition) is 6. The fraction of sp³-hybridized carbons (Fsp3) is 0.889. The molecule has 83 heavy (non-hydrogen) atoms. The fourth-order valence-electron chi connectivity index (χ4n) is 11.4. The van der Waals surface area contributed by atoms with Crippen LogP contribution < -0.4 is 5.32 Å². The molecule has 0 aliphatic carbocycles. The highest BCUT2D eigenvalue weighted by molar-refractivity contribution is 5.76. The van der Waals surface area contributed by atoms with Gasteiger partial charge >= 0.3 is 5.97 Å². The minimum absolute atomic E-state index is 0.00503. The zero-order valence-corrected chi connectivity index (χ0v) is 54.2. The van der Waals surface area contributed by atoms with Crippen LogP contribution in [-0.4, -0.2) is 100 Å². The molecule has 0 radical (unpaired) electrons. The summed E-state index contributed by atoms with van der Waals surface area (Å²) in [7, 11) is 0. The van der Waals surface area contributed by atoms with Gasteiger partial charge in [-0.1, -0.05) is 307 Å². The molecule has 0 aromatic heterocycles. The number of carbonyl (C=O) groups is 2. The monoisotopic (exact) mass is 1170 g/mol. The molecule has 1 saturated heterocycles. The highest BCUT2D eigenvalue weighted by Crippen LogP contribution is 2.23. The van der Waals surface area contributed by atoms with E-state index < -0.39 is 49.5 Å². The second-order valence-corrected chi connectivity index (χ2v) is 24.9. The number of nitrogens with one attached hydrogen (secondary N) is 1. The van der Waals surface area contributed by atoms with Crippen molar-refractivity contribution in [3.63, 3.8) is 0 Å². The van der Waals surface area contributed by atoms with Gasteiger partial charge in [0.25, 0.3) is 0 Å². The maximum absolute atomic E-state index is 13.0. The van der Waals surface area contributed by atoms with Crippen LogP contribution in [0, 0.1) is 0 Å². The molecular weight excluding hydrogens is 1040 g/mol. The lowest BCUT2D eigenvalue weighted by Crippen LogP contribution is -2.60. The summed E-state index contributed by atoms with van der Waals surface area (Å²) >= 11 is 0. The summed E-state index contributed by atoms with van der Waals surface area (Å²) in [5, 5.41) is 54.3. The summed E-state index contributed by atoms with van der Waals surface area (Å²) in [6.07, 6.45) is 68.7. The van der Waals surface area contributed by atoms with Gasteiger partial charge in [-0.05, 0) is 64.2 Å². The number of rotatable bonds is 63. The average Bonchev–Trinajstić information content (AvgIpc) is 3.54. The molecule has 0 aromatic rings. The van der Waals surface area contributed by atoms with Gasteiger partial charge in [0, 0.05) is 12.8 Å². The highest BCUT2D eigenvalue weighted by atomic mass is 16.7. The Labute approximate surface area is 511 Å². The van der Waals surface area contributed by atoms with Crippen LogP contribution in [0.5, 0.6) is 0 Å². The van der Waals surface area contributed by atoms with Crippen molar-refractivity contribution in [2.75, 3.05) is 19.8 Å². The smallest absolute Gasteiger partial charge is 0.305 e. The van der Waals surface area contributed by atoms with Gasteiger partial charge in [-0.15, -0.1) is 0 Å². The van der Waals surface area contributed by atoms with E-state index in [4.69, 9.17) is 14.2 Å². The molecule has 0 aromatic carbocycles. The van der Waals surface area contributed by atoms with Crippen molar-refractivity contribution in [2.45, 2.75) is 391 Å². The van der Waals surface area contributed by atoms with E-state index in [1.807, 2.05) is 6.08 Å².